The smallest absolute Gasteiger partial charge is 0.272 e. The molecular weight excluding hydrogens is 286 g/mol. The number of aromatic nitrogens is 2. The zero-order valence-electron chi connectivity index (χ0n) is 10.8. The molecule has 0 spiro atoms. The number of hydrogen-bond acceptors (Lipinski definition) is 4. The predicted octanol–water partition coefficient (Wildman–Crippen LogP) is 2.68. The van der Waals surface area contributed by atoms with Crippen LogP contribution < -0.4 is 5.32 Å². The molecule has 0 radical (unpaired) electrons. The van der Waals surface area contributed by atoms with Crippen molar-refractivity contribution in [2.45, 2.75) is 6.04 Å². The second kappa shape index (κ2) is 4.46. The summed E-state index contributed by atoms with van der Waals surface area (Å²) in [4.78, 5) is 13.1. The Hall–Kier alpha value is -2.60. The average molecular weight is 297 g/mol. The van der Waals surface area contributed by atoms with Gasteiger partial charge in [0.2, 0.25) is 0 Å². The van der Waals surface area contributed by atoms with Crippen LogP contribution in [0.3, 0.4) is 0 Å². The van der Waals surface area contributed by atoms with E-state index in [4.69, 9.17) is 0 Å². The van der Waals surface area contributed by atoms with Crippen molar-refractivity contribution >= 4 is 17.2 Å². The van der Waals surface area contributed by atoms with Gasteiger partial charge in [-0.3, -0.25) is 9.89 Å². The fourth-order valence-corrected chi connectivity index (χ4v) is 3.34. The van der Waals surface area contributed by atoms with Crippen molar-refractivity contribution in [1.82, 2.24) is 15.5 Å². The molecule has 3 heterocycles. The van der Waals surface area contributed by atoms with E-state index in [2.05, 4.69) is 15.5 Å². The first-order valence-electron chi connectivity index (χ1n) is 6.46. The number of nitrogens with zero attached hydrogens (tertiary/aromatic N) is 1. The molecule has 3 N–H and O–H groups in total. The molecule has 1 atom stereocenters. The Labute approximate surface area is 124 Å². The van der Waals surface area contributed by atoms with Gasteiger partial charge in [0, 0.05) is 5.56 Å². The van der Waals surface area contributed by atoms with Crippen LogP contribution in [0, 0.1) is 0 Å². The zero-order chi connectivity index (χ0) is 14.4. The van der Waals surface area contributed by atoms with Crippen molar-refractivity contribution in [3.05, 3.63) is 58.6 Å². The Morgan fingerprint density at radius 1 is 1.19 bits per heavy atom. The molecule has 1 amide bonds. The number of amides is 1. The lowest BCUT2D eigenvalue weighted by atomic mass is 9.99. The number of carbonyl (C=O) groups is 1. The van der Waals surface area contributed by atoms with E-state index in [0.29, 0.717) is 5.69 Å². The average Bonchev–Trinajstić information content (AvgIpc) is 3.18. The Morgan fingerprint density at radius 2 is 2.00 bits per heavy atom. The highest BCUT2D eigenvalue weighted by atomic mass is 32.1. The first-order chi connectivity index (χ1) is 10.2. The SMILES string of the molecule is O=C1NC(c2ccc(O)cc2)c2c1n[nH]c2-c1cccs1. The number of rotatable bonds is 2. The summed E-state index contributed by atoms with van der Waals surface area (Å²) in [5.74, 6) is 0.0242. The maximum Gasteiger partial charge on any atom is 0.272 e. The van der Waals surface area contributed by atoms with Crippen LogP contribution >= 0.6 is 11.3 Å². The number of thiophene rings is 1. The lowest BCUT2D eigenvalue weighted by Gasteiger charge is -2.13. The second-order valence-corrected chi connectivity index (χ2v) is 5.78. The molecule has 5 nitrogen and oxygen atoms in total. The highest BCUT2D eigenvalue weighted by Crippen LogP contribution is 2.38. The number of aromatic amines is 1. The van der Waals surface area contributed by atoms with Crippen LogP contribution in [0.1, 0.15) is 27.7 Å². The van der Waals surface area contributed by atoms with Gasteiger partial charge in [-0.05, 0) is 29.1 Å². The first-order valence-corrected chi connectivity index (χ1v) is 7.34. The highest BCUT2D eigenvalue weighted by molar-refractivity contribution is 7.13. The third-order valence-corrected chi connectivity index (χ3v) is 4.46. The Morgan fingerprint density at radius 3 is 2.71 bits per heavy atom. The molecule has 0 aliphatic carbocycles. The molecule has 1 unspecified atom stereocenters. The fourth-order valence-electron chi connectivity index (χ4n) is 2.60. The normalized spacial score (nSPS) is 16.8. The number of hydrogen-bond donors (Lipinski definition) is 3. The number of aromatic hydroxyl groups is 1. The van der Waals surface area contributed by atoms with E-state index < -0.39 is 0 Å². The number of carbonyl (C=O) groups excluding carboxylic acids is 1. The van der Waals surface area contributed by atoms with Gasteiger partial charge < -0.3 is 10.4 Å². The zero-order valence-corrected chi connectivity index (χ0v) is 11.6. The molecule has 1 aliphatic rings. The van der Waals surface area contributed by atoms with E-state index in [-0.39, 0.29) is 17.7 Å². The molecule has 0 saturated carbocycles. The van der Waals surface area contributed by atoms with Crippen LogP contribution in [0.2, 0.25) is 0 Å². The van der Waals surface area contributed by atoms with E-state index >= 15 is 0 Å². The second-order valence-electron chi connectivity index (χ2n) is 4.84. The summed E-state index contributed by atoms with van der Waals surface area (Å²) in [5, 5.41) is 21.5. The molecule has 6 heteroatoms. The van der Waals surface area contributed by atoms with Gasteiger partial charge >= 0.3 is 0 Å². The van der Waals surface area contributed by atoms with Gasteiger partial charge in [0.25, 0.3) is 5.91 Å². The van der Waals surface area contributed by atoms with Gasteiger partial charge in [0.15, 0.2) is 5.69 Å². The third-order valence-electron chi connectivity index (χ3n) is 3.58. The minimum Gasteiger partial charge on any atom is -0.508 e. The third kappa shape index (κ3) is 1.84. The van der Waals surface area contributed by atoms with Gasteiger partial charge in [-0.15, -0.1) is 11.3 Å². The number of H-pyrrole nitrogens is 1. The van der Waals surface area contributed by atoms with E-state index in [9.17, 15) is 9.90 Å². The predicted molar refractivity (Wildman–Crippen MR) is 79.3 cm³/mol. The van der Waals surface area contributed by atoms with Crippen molar-refractivity contribution in [2.75, 3.05) is 0 Å². The molecule has 1 aromatic carbocycles. The minimum absolute atomic E-state index is 0.179. The Balaban J connectivity index is 1.86. The maximum atomic E-state index is 12.1. The van der Waals surface area contributed by atoms with Crippen LogP contribution in [0.5, 0.6) is 5.75 Å². The molecular formula is C15H11N3O2S. The lowest BCUT2D eigenvalue weighted by Crippen LogP contribution is -2.21. The molecule has 104 valence electrons. The van der Waals surface area contributed by atoms with Crippen molar-refractivity contribution in [3.63, 3.8) is 0 Å². The maximum absolute atomic E-state index is 12.1. The summed E-state index contributed by atoms with van der Waals surface area (Å²) in [6, 6.07) is 10.6. The number of phenolic OH excluding ortho intramolecular Hbond substituents is 1. The van der Waals surface area contributed by atoms with Gasteiger partial charge in [0.1, 0.15) is 5.75 Å². The number of phenols is 1. The largest absolute Gasteiger partial charge is 0.508 e. The standard InChI is InChI=1S/C15H11N3O2S/c19-9-5-3-8(4-6-9)12-11-13(10-2-1-7-21-10)17-18-14(11)15(20)16-12/h1-7,12,19H,(H,16,20)(H,17,18). The van der Waals surface area contributed by atoms with Gasteiger partial charge in [-0.2, -0.15) is 5.10 Å². The van der Waals surface area contributed by atoms with Crippen LogP contribution in [0.25, 0.3) is 10.6 Å². The minimum atomic E-state index is -0.246. The summed E-state index contributed by atoms with van der Waals surface area (Å²) >= 11 is 1.60. The van der Waals surface area contributed by atoms with E-state index in [1.807, 2.05) is 17.5 Å². The first kappa shape index (κ1) is 12.2. The lowest BCUT2D eigenvalue weighted by molar-refractivity contribution is 0.0955. The summed E-state index contributed by atoms with van der Waals surface area (Å²) in [5.41, 5.74) is 3.10. The summed E-state index contributed by atoms with van der Waals surface area (Å²) in [7, 11) is 0. The molecule has 21 heavy (non-hydrogen) atoms. The summed E-state index contributed by atoms with van der Waals surface area (Å²) < 4.78 is 0. The molecule has 3 aromatic rings. The number of benzene rings is 1. The molecule has 2 aromatic heterocycles. The van der Waals surface area contributed by atoms with Crippen LogP contribution in [0.4, 0.5) is 0 Å². The van der Waals surface area contributed by atoms with Crippen molar-refractivity contribution in [1.29, 1.82) is 0 Å². The van der Waals surface area contributed by atoms with Crippen LogP contribution in [-0.4, -0.2) is 21.2 Å². The van der Waals surface area contributed by atoms with Gasteiger partial charge in [-0.25, -0.2) is 0 Å². The van der Waals surface area contributed by atoms with Gasteiger partial charge in [-0.1, -0.05) is 18.2 Å². The van der Waals surface area contributed by atoms with E-state index in [0.717, 1.165) is 21.7 Å². The van der Waals surface area contributed by atoms with Crippen LogP contribution in [-0.2, 0) is 0 Å². The summed E-state index contributed by atoms with van der Waals surface area (Å²) in [6.45, 7) is 0. The molecule has 0 fully saturated rings. The highest BCUT2D eigenvalue weighted by Gasteiger charge is 2.35. The Bertz CT molecular complexity index is 806. The van der Waals surface area contributed by atoms with Crippen molar-refractivity contribution in [3.8, 4) is 16.3 Å². The van der Waals surface area contributed by atoms with Crippen molar-refractivity contribution in [2.24, 2.45) is 0 Å². The van der Waals surface area contributed by atoms with E-state index in [1.54, 1.807) is 35.6 Å². The quantitative estimate of drug-likeness (QED) is 0.680. The molecule has 0 saturated heterocycles. The fraction of sp³-hybridized carbons (Fsp3) is 0.0667. The topological polar surface area (TPSA) is 78.0 Å². The van der Waals surface area contributed by atoms with Crippen LogP contribution in [0.15, 0.2) is 41.8 Å². The molecule has 0 bridgehead atoms. The molecule has 1 aliphatic heterocycles. The summed E-state index contributed by atoms with van der Waals surface area (Å²) in [6.07, 6.45) is 0. The monoisotopic (exact) mass is 297 g/mol. The molecule has 4 rings (SSSR count). The van der Waals surface area contributed by atoms with E-state index in [1.165, 1.54) is 0 Å². The number of nitrogens with one attached hydrogen (secondary N) is 2. The Kier molecular flexibility index (Phi) is 2.58. The van der Waals surface area contributed by atoms with Gasteiger partial charge in [0.05, 0.1) is 16.6 Å². The number of fused-ring (bicyclic) bond motifs is 1. The van der Waals surface area contributed by atoms with Crippen molar-refractivity contribution < 1.29 is 9.90 Å².